The van der Waals surface area contributed by atoms with Gasteiger partial charge in [0.15, 0.2) is 0 Å². The van der Waals surface area contributed by atoms with Crippen molar-refractivity contribution in [3.63, 3.8) is 0 Å². The van der Waals surface area contributed by atoms with Gasteiger partial charge in [-0.25, -0.2) is 0 Å². The maximum atomic E-state index is 3.46. The van der Waals surface area contributed by atoms with E-state index < -0.39 is 0 Å². The zero-order chi connectivity index (χ0) is 8.36. The fourth-order valence-electron chi connectivity index (χ4n) is 0.280. The summed E-state index contributed by atoms with van der Waals surface area (Å²) < 4.78 is 1.87. The van der Waals surface area contributed by atoms with Crippen LogP contribution in [0, 0.1) is 1.93 Å². The summed E-state index contributed by atoms with van der Waals surface area (Å²) in [6, 6.07) is 0. The molecular formula is C4H3Br3I3. The second-order valence-electron chi connectivity index (χ2n) is 1.58. The molecule has 0 bridgehead atoms. The summed E-state index contributed by atoms with van der Waals surface area (Å²) in [6.07, 6.45) is 1.02. The first kappa shape index (κ1) is 13.6. The average Bonchev–Trinajstić information content (AvgIpc) is 1.60. The van der Waals surface area contributed by atoms with Crippen LogP contribution in [0.4, 0.5) is 0 Å². The molecular weight excluding hydrogens is 668 g/mol. The molecule has 0 aliphatic rings. The maximum absolute atomic E-state index is 3.46. The van der Waals surface area contributed by atoms with Gasteiger partial charge in [0, 0.05) is 3.92 Å². The number of rotatable bonds is 2. The molecule has 0 aromatic carbocycles. The van der Waals surface area contributed by atoms with Crippen LogP contribution in [0.2, 0.25) is 0 Å². The van der Waals surface area contributed by atoms with Crippen molar-refractivity contribution < 1.29 is 0 Å². The third kappa shape index (κ3) is 8.24. The largest absolute Gasteiger partial charge is 0.136 e. The molecule has 61 valence electrons. The van der Waals surface area contributed by atoms with Crippen molar-refractivity contribution in [3.8, 4) is 0 Å². The number of hydrogen-bond donors (Lipinski definition) is 0. The summed E-state index contributed by atoms with van der Waals surface area (Å²) in [5.41, 5.74) is 0. The van der Waals surface area contributed by atoms with Gasteiger partial charge < -0.3 is 0 Å². The molecule has 0 aliphatic carbocycles. The van der Waals surface area contributed by atoms with Crippen molar-refractivity contribution in [1.29, 1.82) is 0 Å². The Morgan fingerprint density at radius 3 is 1.80 bits per heavy atom. The Morgan fingerprint density at radius 1 is 1.30 bits per heavy atom. The van der Waals surface area contributed by atoms with Crippen LogP contribution in [0.15, 0.2) is 0 Å². The van der Waals surface area contributed by atoms with Crippen LogP contribution in [0.5, 0.6) is 0 Å². The highest BCUT2D eigenvalue weighted by molar-refractivity contribution is 14.2. The first-order valence-corrected chi connectivity index (χ1v) is 8.00. The first-order valence-electron chi connectivity index (χ1n) is 2.21. The van der Waals surface area contributed by atoms with Gasteiger partial charge >= 0.3 is 0 Å². The third-order valence-corrected chi connectivity index (χ3v) is 6.57. The van der Waals surface area contributed by atoms with Gasteiger partial charge in [-0.2, -0.15) is 0 Å². The van der Waals surface area contributed by atoms with Crippen LogP contribution in [-0.4, -0.2) is 6.07 Å². The average molecular weight is 671 g/mol. The van der Waals surface area contributed by atoms with Crippen molar-refractivity contribution in [2.75, 3.05) is 0 Å². The molecule has 0 nitrogen and oxygen atoms in total. The van der Waals surface area contributed by atoms with Gasteiger partial charge in [-0.1, -0.05) is 116 Å². The van der Waals surface area contributed by atoms with E-state index in [1.807, 2.05) is 0 Å². The topological polar surface area (TPSA) is 0 Å². The monoisotopic (exact) mass is 668 g/mol. The summed E-state index contributed by atoms with van der Waals surface area (Å²) in [4.78, 5) is 0. The smallest absolute Gasteiger partial charge is 0.0801 e. The third-order valence-electron chi connectivity index (χ3n) is 0.647. The summed E-state index contributed by atoms with van der Waals surface area (Å²) in [5, 5.41) is 0. The Labute approximate surface area is 127 Å². The molecule has 0 heterocycles. The fraction of sp³-hybridized carbons (Fsp3) is 0.750. The molecule has 0 saturated carbocycles. The summed E-state index contributed by atoms with van der Waals surface area (Å²) in [7, 11) is 0. The minimum absolute atomic E-state index is 0.0968. The molecule has 0 spiro atoms. The lowest BCUT2D eigenvalue weighted by Crippen LogP contribution is -2.10. The van der Waals surface area contributed by atoms with E-state index in [9.17, 15) is 0 Å². The molecule has 0 fully saturated rings. The van der Waals surface area contributed by atoms with Crippen LogP contribution in [0.1, 0.15) is 6.42 Å². The molecule has 0 saturated heterocycles. The molecule has 1 radical (unpaired) electrons. The highest BCUT2D eigenvalue weighted by Crippen LogP contribution is 2.44. The zero-order valence-corrected chi connectivity index (χ0v) is 15.8. The van der Waals surface area contributed by atoms with Gasteiger partial charge in [0.25, 0.3) is 0 Å². The normalized spacial score (nSPS) is 15.9. The SMILES string of the molecule is BrC(Br)(Br)CC(I)[C](I)I. The van der Waals surface area contributed by atoms with E-state index in [4.69, 9.17) is 0 Å². The fourth-order valence-corrected chi connectivity index (χ4v) is 4.17. The Kier molecular flexibility index (Phi) is 8.42. The van der Waals surface area contributed by atoms with Crippen molar-refractivity contribution in [1.82, 2.24) is 0 Å². The van der Waals surface area contributed by atoms with Crippen LogP contribution in [0.3, 0.4) is 0 Å². The van der Waals surface area contributed by atoms with Gasteiger partial charge in [0.05, 0.1) is 0 Å². The molecule has 0 amide bonds. The second-order valence-corrected chi connectivity index (χ2v) is 14.7. The maximum Gasteiger partial charge on any atom is 0.136 e. The van der Waals surface area contributed by atoms with E-state index in [-0.39, 0.29) is 2.14 Å². The Bertz CT molecular complexity index is 100. The molecule has 1 unspecified atom stereocenters. The van der Waals surface area contributed by atoms with E-state index in [2.05, 4.69) is 116 Å². The van der Waals surface area contributed by atoms with E-state index in [1.54, 1.807) is 0 Å². The lowest BCUT2D eigenvalue weighted by molar-refractivity contribution is 0.965. The molecule has 0 N–H and O–H groups in total. The zero-order valence-electron chi connectivity index (χ0n) is 4.55. The second kappa shape index (κ2) is 6.18. The molecule has 6 heteroatoms. The lowest BCUT2D eigenvalue weighted by atomic mass is 10.4. The van der Waals surface area contributed by atoms with E-state index in [0.717, 1.165) is 6.42 Å². The van der Waals surface area contributed by atoms with Crippen molar-refractivity contribution in [3.05, 3.63) is 1.93 Å². The Hall–Kier alpha value is 3.63. The molecule has 0 aliphatic heterocycles. The summed E-state index contributed by atoms with van der Waals surface area (Å²) in [5.74, 6) is 0. The van der Waals surface area contributed by atoms with Gasteiger partial charge in [-0.3, -0.25) is 0 Å². The summed E-state index contributed by atoms with van der Waals surface area (Å²) >= 11 is 17.5. The highest BCUT2D eigenvalue weighted by atomic mass is 127. The van der Waals surface area contributed by atoms with Crippen LogP contribution >= 0.6 is 116 Å². The minimum atomic E-state index is -0.0968. The molecule has 1 atom stereocenters. The predicted molar refractivity (Wildman–Crippen MR) is 83.2 cm³/mol. The number of hydrogen-bond acceptors (Lipinski definition) is 0. The van der Waals surface area contributed by atoms with E-state index >= 15 is 0 Å². The summed E-state index contributed by atoms with van der Waals surface area (Å²) in [6.45, 7) is 0. The lowest BCUT2D eigenvalue weighted by Gasteiger charge is -2.17. The molecule has 10 heavy (non-hydrogen) atoms. The van der Waals surface area contributed by atoms with E-state index in [0.29, 0.717) is 3.92 Å². The molecule has 0 aromatic rings. The van der Waals surface area contributed by atoms with Gasteiger partial charge in [0.1, 0.15) is 4.07 Å². The predicted octanol–water partition coefficient (Wildman–Crippen LogP) is 5.38. The van der Waals surface area contributed by atoms with E-state index in [1.165, 1.54) is 1.93 Å². The number of halogens is 6. The Morgan fingerprint density at radius 2 is 1.70 bits per heavy atom. The van der Waals surface area contributed by atoms with Gasteiger partial charge in [-0.15, -0.1) is 0 Å². The van der Waals surface area contributed by atoms with Crippen molar-refractivity contribution in [2.45, 2.75) is 12.5 Å². The number of alkyl halides is 4. The minimum Gasteiger partial charge on any atom is -0.0801 e. The Balaban J connectivity index is 3.68. The quantitative estimate of drug-likeness (QED) is 0.274. The van der Waals surface area contributed by atoms with Crippen LogP contribution in [-0.2, 0) is 0 Å². The molecule has 0 aromatic heterocycles. The standard InChI is InChI=1S/C4H3Br3I3/c5-4(6,7)1-2(8)3(9)10/h2H,1H2. The van der Waals surface area contributed by atoms with Crippen LogP contribution in [0.25, 0.3) is 0 Å². The van der Waals surface area contributed by atoms with Gasteiger partial charge in [-0.05, 0) is 6.42 Å². The van der Waals surface area contributed by atoms with Gasteiger partial charge in [0.2, 0.25) is 0 Å². The molecule has 0 rings (SSSR count). The first-order chi connectivity index (χ1) is 4.33. The van der Waals surface area contributed by atoms with Crippen molar-refractivity contribution >= 4 is 116 Å². The van der Waals surface area contributed by atoms with Crippen molar-refractivity contribution in [2.24, 2.45) is 0 Å². The van der Waals surface area contributed by atoms with Crippen LogP contribution < -0.4 is 0 Å². The highest BCUT2D eigenvalue weighted by Gasteiger charge is 2.25.